The van der Waals surface area contributed by atoms with Crippen LogP contribution in [-0.2, 0) is 0 Å². The van der Waals surface area contributed by atoms with E-state index in [4.69, 9.17) is 16.8 Å². The molecule has 0 radical (unpaired) electrons. The molecule has 0 spiro atoms. The number of rotatable bonds is 5. The summed E-state index contributed by atoms with van der Waals surface area (Å²) in [4.78, 5) is 15.4. The highest BCUT2D eigenvalue weighted by Gasteiger charge is 2.20. The van der Waals surface area contributed by atoms with Crippen LogP contribution in [0.5, 0.6) is 0 Å². The lowest BCUT2D eigenvalue weighted by molar-refractivity contribution is 0.322. The molecular weight excluding hydrogens is 400 g/mol. The zero-order valence-corrected chi connectivity index (χ0v) is 17.1. The first kappa shape index (κ1) is 19.9. The van der Waals surface area contributed by atoms with Crippen LogP contribution in [0.15, 0.2) is 65.1 Å². The van der Waals surface area contributed by atoms with Gasteiger partial charge < -0.3 is 10.1 Å². The van der Waals surface area contributed by atoms with Gasteiger partial charge in [0.15, 0.2) is 0 Å². The Balaban J connectivity index is 1.97. The Morgan fingerprint density at radius 2 is 1.80 bits per heavy atom. The topological polar surface area (TPSA) is 70.7 Å². The predicted molar refractivity (Wildman–Crippen MR) is 121 cm³/mol. The van der Waals surface area contributed by atoms with Crippen molar-refractivity contribution in [1.29, 1.82) is 0 Å². The maximum Gasteiger partial charge on any atom is 0.295 e. The molecule has 3 aromatic rings. The molecule has 6 nitrogen and oxygen atoms in total. The first-order chi connectivity index (χ1) is 14.6. The molecule has 0 bridgehead atoms. The lowest BCUT2D eigenvalue weighted by Crippen LogP contribution is -2.31. The van der Waals surface area contributed by atoms with E-state index in [2.05, 4.69) is 21.7 Å². The third-order valence-corrected chi connectivity index (χ3v) is 5.46. The molecule has 7 heteroatoms. The van der Waals surface area contributed by atoms with Gasteiger partial charge in [-0.1, -0.05) is 41.5 Å². The molecule has 1 aromatic heterocycles. The smallest absolute Gasteiger partial charge is 0.295 e. The van der Waals surface area contributed by atoms with Crippen LogP contribution in [0.2, 0.25) is 5.02 Å². The Labute approximate surface area is 179 Å². The Kier molecular flexibility index (Phi) is 5.68. The molecular formula is C23H21ClN4O2. The molecule has 1 saturated heterocycles. The first-order valence-corrected chi connectivity index (χ1v) is 10.1. The molecule has 0 unspecified atom stereocenters. The summed E-state index contributed by atoms with van der Waals surface area (Å²) in [5.74, 6) is 0. The van der Waals surface area contributed by atoms with Crippen molar-refractivity contribution in [3.05, 3.63) is 81.6 Å². The van der Waals surface area contributed by atoms with Crippen molar-refractivity contribution in [2.24, 2.45) is 5.16 Å². The van der Waals surface area contributed by atoms with Crippen molar-refractivity contribution in [2.75, 3.05) is 18.0 Å². The Morgan fingerprint density at radius 1 is 1.07 bits per heavy atom. The van der Waals surface area contributed by atoms with E-state index in [1.54, 1.807) is 18.2 Å². The van der Waals surface area contributed by atoms with Gasteiger partial charge in [0.25, 0.3) is 5.56 Å². The molecule has 1 aliphatic rings. The van der Waals surface area contributed by atoms with Crippen LogP contribution in [0.1, 0.15) is 24.0 Å². The minimum atomic E-state index is -0.203. The summed E-state index contributed by atoms with van der Waals surface area (Å²) in [6, 6.07) is 14.6. The van der Waals surface area contributed by atoms with Crippen LogP contribution in [0.4, 0.5) is 5.69 Å². The van der Waals surface area contributed by atoms with E-state index in [1.807, 2.05) is 36.4 Å². The second-order valence-corrected chi connectivity index (χ2v) is 7.52. The third-order valence-electron chi connectivity index (χ3n) is 5.14. The van der Waals surface area contributed by atoms with Crippen molar-refractivity contribution < 1.29 is 5.21 Å². The number of anilines is 1. The number of hydrogen-bond donors (Lipinski definition) is 1. The fourth-order valence-electron chi connectivity index (χ4n) is 3.68. The molecule has 0 atom stereocenters. The number of aromatic nitrogens is 2. The van der Waals surface area contributed by atoms with E-state index >= 15 is 0 Å². The average Bonchev–Trinajstić information content (AvgIpc) is 3.29. The van der Waals surface area contributed by atoms with Gasteiger partial charge in [-0.15, -0.1) is 0 Å². The van der Waals surface area contributed by atoms with Crippen LogP contribution < -0.4 is 10.5 Å². The summed E-state index contributed by atoms with van der Waals surface area (Å²) in [5.41, 5.74) is 3.87. The maximum absolute atomic E-state index is 13.3. The average molecular weight is 421 g/mol. The molecule has 30 heavy (non-hydrogen) atoms. The summed E-state index contributed by atoms with van der Waals surface area (Å²) < 4.78 is 1.37. The molecule has 2 aromatic carbocycles. The number of halogens is 1. The number of para-hydroxylation sites is 1. The quantitative estimate of drug-likeness (QED) is 0.372. The zero-order valence-electron chi connectivity index (χ0n) is 16.3. The highest BCUT2D eigenvalue weighted by molar-refractivity contribution is 6.32. The number of oxime groups is 1. The second kappa shape index (κ2) is 8.55. The molecule has 152 valence electrons. The van der Waals surface area contributed by atoms with E-state index in [0.717, 1.165) is 37.1 Å². The number of benzene rings is 2. The van der Waals surface area contributed by atoms with Crippen LogP contribution in [0, 0.1) is 0 Å². The van der Waals surface area contributed by atoms with Gasteiger partial charge in [-0.05, 0) is 60.4 Å². The summed E-state index contributed by atoms with van der Waals surface area (Å²) in [7, 11) is 0. The van der Waals surface area contributed by atoms with E-state index in [1.165, 1.54) is 10.9 Å². The number of hydrogen-bond acceptors (Lipinski definition) is 5. The SMILES string of the molecule is C=Cc1cc(C=NO)cc(-c2cc(N3CCCC3)c(=O)n(-c3ccccc3Cl)n2)c1. The fourth-order valence-corrected chi connectivity index (χ4v) is 3.89. The standard InChI is InChI=1S/C23H21ClN4O2/c1-2-16-11-17(15-25-30)13-18(12-16)20-14-22(27-9-5-6-10-27)23(29)28(26-20)21-8-4-3-7-19(21)24/h2-4,7-8,11-15,30H,1,5-6,9-10H2. The summed E-state index contributed by atoms with van der Waals surface area (Å²) in [6.07, 6.45) is 5.16. The van der Waals surface area contributed by atoms with Crippen LogP contribution in [0.25, 0.3) is 23.0 Å². The molecule has 0 aliphatic carbocycles. The minimum absolute atomic E-state index is 0.203. The molecule has 1 aliphatic heterocycles. The zero-order chi connectivity index (χ0) is 21.1. The fraction of sp³-hybridized carbons (Fsp3) is 0.174. The highest BCUT2D eigenvalue weighted by Crippen LogP contribution is 2.27. The van der Waals surface area contributed by atoms with Gasteiger partial charge in [0.2, 0.25) is 0 Å². The van der Waals surface area contributed by atoms with Gasteiger partial charge in [-0.3, -0.25) is 4.79 Å². The van der Waals surface area contributed by atoms with Crippen molar-refractivity contribution in [2.45, 2.75) is 12.8 Å². The molecule has 1 fully saturated rings. The molecule has 0 saturated carbocycles. The largest absolute Gasteiger partial charge is 0.411 e. The normalized spacial score (nSPS) is 13.8. The van der Waals surface area contributed by atoms with Gasteiger partial charge in [0, 0.05) is 18.7 Å². The first-order valence-electron chi connectivity index (χ1n) is 9.70. The summed E-state index contributed by atoms with van der Waals surface area (Å²) >= 11 is 6.38. The van der Waals surface area contributed by atoms with E-state index < -0.39 is 0 Å². The van der Waals surface area contributed by atoms with Gasteiger partial charge in [-0.25, -0.2) is 0 Å². The van der Waals surface area contributed by atoms with E-state index in [9.17, 15) is 4.79 Å². The second-order valence-electron chi connectivity index (χ2n) is 7.11. The molecule has 1 N–H and O–H groups in total. The van der Waals surface area contributed by atoms with Gasteiger partial charge in [0.1, 0.15) is 5.69 Å². The molecule has 2 heterocycles. The van der Waals surface area contributed by atoms with Crippen LogP contribution in [0.3, 0.4) is 0 Å². The van der Waals surface area contributed by atoms with Gasteiger partial charge in [0.05, 0.1) is 22.6 Å². The summed E-state index contributed by atoms with van der Waals surface area (Å²) in [5, 5.41) is 17.2. The van der Waals surface area contributed by atoms with E-state index in [-0.39, 0.29) is 5.56 Å². The highest BCUT2D eigenvalue weighted by atomic mass is 35.5. The minimum Gasteiger partial charge on any atom is -0.411 e. The predicted octanol–water partition coefficient (Wildman–Crippen LogP) is 4.60. The Morgan fingerprint density at radius 3 is 2.50 bits per heavy atom. The lowest BCUT2D eigenvalue weighted by atomic mass is 10.0. The van der Waals surface area contributed by atoms with Gasteiger partial charge in [-0.2, -0.15) is 9.78 Å². The molecule has 4 rings (SSSR count). The van der Waals surface area contributed by atoms with Crippen molar-refractivity contribution >= 4 is 29.6 Å². The Hall–Kier alpha value is -3.38. The maximum atomic E-state index is 13.3. The Bertz CT molecular complexity index is 1180. The van der Waals surface area contributed by atoms with E-state index in [0.29, 0.717) is 27.7 Å². The van der Waals surface area contributed by atoms with Crippen molar-refractivity contribution in [3.8, 4) is 16.9 Å². The van der Waals surface area contributed by atoms with Gasteiger partial charge >= 0.3 is 0 Å². The van der Waals surface area contributed by atoms with Crippen LogP contribution >= 0.6 is 11.6 Å². The third kappa shape index (κ3) is 3.86. The summed E-state index contributed by atoms with van der Waals surface area (Å²) in [6.45, 7) is 5.49. The van der Waals surface area contributed by atoms with Crippen molar-refractivity contribution in [3.63, 3.8) is 0 Å². The lowest BCUT2D eigenvalue weighted by Gasteiger charge is -2.19. The van der Waals surface area contributed by atoms with Crippen molar-refractivity contribution in [1.82, 2.24) is 9.78 Å². The number of nitrogens with zero attached hydrogens (tertiary/aromatic N) is 4. The van der Waals surface area contributed by atoms with Crippen LogP contribution in [-0.4, -0.2) is 34.3 Å². The molecule has 0 amide bonds. The monoisotopic (exact) mass is 420 g/mol.